The number of nitrogens with zero attached hydrogens (tertiary/aromatic N) is 1. The van der Waals surface area contributed by atoms with E-state index in [1.165, 1.54) is 12.1 Å². The summed E-state index contributed by atoms with van der Waals surface area (Å²) in [6.45, 7) is 4.06. The molecule has 0 aliphatic carbocycles. The van der Waals surface area contributed by atoms with Crippen molar-refractivity contribution in [2.24, 2.45) is 0 Å². The van der Waals surface area contributed by atoms with Crippen molar-refractivity contribution >= 4 is 9.84 Å². The molecule has 0 amide bonds. The summed E-state index contributed by atoms with van der Waals surface area (Å²) in [5.74, 6) is 0. The third kappa shape index (κ3) is 4.60. The van der Waals surface area contributed by atoms with Crippen molar-refractivity contribution in [3.8, 4) is 0 Å². The van der Waals surface area contributed by atoms with Crippen LogP contribution >= 0.6 is 0 Å². The third-order valence-electron chi connectivity index (χ3n) is 3.86. The molecular formula is C17H22N2O3S. The van der Waals surface area contributed by atoms with Crippen molar-refractivity contribution in [2.45, 2.75) is 30.4 Å². The van der Waals surface area contributed by atoms with Gasteiger partial charge in [0.15, 0.2) is 9.84 Å². The molecule has 2 aromatic rings. The van der Waals surface area contributed by atoms with E-state index in [1.54, 1.807) is 31.5 Å². The second-order valence-corrected chi connectivity index (χ2v) is 7.97. The largest absolute Gasteiger partial charge is 0.384 e. The molecule has 0 saturated carbocycles. The minimum atomic E-state index is -3.23. The maximum absolute atomic E-state index is 11.5. The predicted molar refractivity (Wildman–Crippen MR) is 89.8 cm³/mol. The summed E-state index contributed by atoms with van der Waals surface area (Å²) < 4.78 is 23.0. The average Bonchev–Trinajstić information content (AvgIpc) is 2.53. The lowest BCUT2D eigenvalue weighted by molar-refractivity contribution is 0.0543. The van der Waals surface area contributed by atoms with Crippen LogP contribution < -0.4 is 5.32 Å². The Kier molecular flexibility index (Phi) is 5.19. The van der Waals surface area contributed by atoms with E-state index >= 15 is 0 Å². The first-order valence-corrected chi connectivity index (χ1v) is 9.25. The van der Waals surface area contributed by atoms with E-state index in [0.717, 1.165) is 11.8 Å². The van der Waals surface area contributed by atoms with Gasteiger partial charge in [-0.15, -0.1) is 0 Å². The van der Waals surface area contributed by atoms with Crippen molar-refractivity contribution in [1.29, 1.82) is 0 Å². The number of hydrogen-bond donors (Lipinski definition) is 2. The first-order valence-electron chi connectivity index (χ1n) is 7.36. The van der Waals surface area contributed by atoms with E-state index in [0.29, 0.717) is 12.1 Å². The van der Waals surface area contributed by atoms with Crippen molar-refractivity contribution in [1.82, 2.24) is 10.3 Å². The van der Waals surface area contributed by atoms with Crippen LogP contribution in [0.5, 0.6) is 0 Å². The Morgan fingerprint density at radius 2 is 1.74 bits per heavy atom. The number of benzene rings is 1. The monoisotopic (exact) mass is 334 g/mol. The van der Waals surface area contributed by atoms with E-state index < -0.39 is 15.4 Å². The number of pyridine rings is 1. The number of aliphatic hydroxyl groups is 1. The molecule has 0 unspecified atom stereocenters. The lowest BCUT2D eigenvalue weighted by atomic mass is 9.95. The molecule has 1 aromatic heterocycles. The van der Waals surface area contributed by atoms with Crippen LogP contribution in [0, 0.1) is 0 Å². The van der Waals surface area contributed by atoms with Crippen LogP contribution in [0.4, 0.5) is 0 Å². The minimum absolute atomic E-state index is 0.0692. The molecule has 0 fully saturated rings. The summed E-state index contributed by atoms with van der Waals surface area (Å²) in [6, 6.07) is 10.3. The average molecular weight is 334 g/mol. The summed E-state index contributed by atoms with van der Waals surface area (Å²) in [5, 5.41) is 13.9. The van der Waals surface area contributed by atoms with E-state index in [9.17, 15) is 13.5 Å². The maximum atomic E-state index is 11.5. The molecular weight excluding hydrogens is 312 g/mol. The SMILES string of the molecule is C[C@H](NC[C@@](C)(O)c1ccc(S(C)(=O)=O)cc1)c1ccncc1. The Labute approximate surface area is 137 Å². The van der Waals surface area contributed by atoms with Crippen LogP contribution in [0.3, 0.4) is 0 Å². The molecule has 2 N–H and O–H groups in total. The van der Waals surface area contributed by atoms with Crippen LogP contribution in [0.25, 0.3) is 0 Å². The summed E-state index contributed by atoms with van der Waals surface area (Å²) in [5.41, 5.74) is 0.652. The Morgan fingerprint density at radius 1 is 1.17 bits per heavy atom. The van der Waals surface area contributed by atoms with Gasteiger partial charge in [0.1, 0.15) is 0 Å². The van der Waals surface area contributed by atoms with Crippen LogP contribution in [0.1, 0.15) is 31.0 Å². The molecule has 2 rings (SSSR count). The highest BCUT2D eigenvalue weighted by atomic mass is 32.2. The van der Waals surface area contributed by atoms with E-state index in [2.05, 4.69) is 10.3 Å². The second-order valence-electron chi connectivity index (χ2n) is 5.95. The van der Waals surface area contributed by atoms with Crippen molar-refractivity contribution in [3.05, 3.63) is 59.9 Å². The van der Waals surface area contributed by atoms with E-state index in [-0.39, 0.29) is 10.9 Å². The van der Waals surface area contributed by atoms with Gasteiger partial charge in [-0.25, -0.2) is 8.42 Å². The Morgan fingerprint density at radius 3 is 2.26 bits per heavy atom. The fraction of sp³-hybridized carbons (Fsp3) is 0.353. The zero-order chi connectivity index (χ0) is 17.1. The first kappa shape index (κ1) is 17.6. The fourth-order valence-electron chi connectivity index (χ4n) is 2.29. The summed E-state index contributed by atoms with van der Waals surface area (Å²) in [7, 11) is -3.23. The normalized spacial score (nSPS) is 15.8. The molecule has 1 aromatic carbocycles. The summed E-state index contributed by atoms with van der Waals surface area (Å²) in [6.07, 6.45) is 4.63. The number of hydrogen-bond acceptors (Lipinski definition) is 5. The standard InChI is InChI=1S/C17H22N2O3S/c1-13(14-8-10-18-11-9-14)19-12-17(2,20)15-4-6-16(7-5-15)23(3,21)22/h4-11,13,19-20H,12H2,1-3H3/t13-,17+/m0/s1. The molecule has 0 spiro atoms. The molecule has 23 heavy (non-hydrogen) atoms. The Balaban J connectivity index is 2.07. The highest BCUT2D eigenvalue weighted by Crippen LogP contribution is 2.23. The van der Waals surface area contributed by atoms with Crippen LogP contribution in [-0.2, 0) is 15.4 Å². The van der Waals surface area contributed by atoms with Crippen molar-refractivity contribution in [2.75, 3.05) is 12.8 Å². The molecule has 0 bridgehead atoms. The van der Waals surface area contributed by atoms with Gasteiger partial charge in [0.05, 0.1) is 10.5 Å². The van der Waals surface area contributed by atoms with Gasteiger partial charge in [-0.2, -0.15) is 0 Å². The van der Waals surface area contributed by atoms with Gasteiger partial charge in [0.2, 0.25) is 0 Å². The molecule has 0 radical (unpaired) electrons. The minimum Gasteiger partial charge on any atom is -0.384 e. The smallest absolute Gasteiger partial charge is 0.175 e. The molecule has 5 nitrogen and oxygen atoms in total. The molecule has 6 heteroatoms. The fourth-order valence-corrected chi connectivity index (χ4v) is 2.92. The van der Waals surface area contributed by atoms with Crippen LogP contribution in [0.15, 0.2) is 53.7 Å². The summed E-state index contributed by atoms with van der Waals surface area (Å²) in [4.78, 5) is 4.23. The van der Waals surface area contributed by atoms with Gasteiger partial charge in [-0.05, 0) is 49.2 Å². The highest BCUT2D eigenvalue weighted by molar-refractivity contribution is 7.90. The molecule has 124 valence electrons. The molecule has 0 aliphatic heterocycles. The maximum Gasteiger partial charge on any atom is 0.175 e. The zero-order valence-corrected chi connectivity index (χ0v) is 14.3. The Bertz CT molecular complexity index is 741. The van der Waals surface area contributed by atoms with Gasteiger partial charge < -0.3 is 10.4 Å². The topological polar surface area (TPSA) is 79.3 Å². The Hall–Kier alpha value is -1.76. The zero-order valence-electron chi connectivity index (χ0n) is 13.5. The van der Waals surface area contributed by atoms with Crippen LogP contribution in [-0.4, -0.2) is 31.3 Å². The highest BCUT2D eigenvalue weighted by Gasteiger charge is 2.24. The van der Waals surface area contributed by atoms with Gasteiger partial charge in [-0.1, -0.05) is 12.1 Å². The lowest BCUT2D eigenvalue weighted by Gasteiger charge is -2.27. The lowest BCUT2D eigenvalue weighted by Crippen LogP contribution is -2.36. The van der Waals surface area contributed by atoms with Gasteiger partial charge in [0.25, 0.3) is 0 Å². The van der Waals surface area contributed by atoms with Crippen molar-refractivity contribution in [3.63, 3.8) is 0 Å². The van der Waals surface area contributed by atoms with Gasteiger partial charge in [-0.3, -0.25) is 4.98 Å². The van der Waals surface area contributed by atoms with Crippen molar-refractivity contribution < 1.29 is 13.5 Å². The van der Waals surface area contributed by atoms with E-state index in [4.69, 9.17) is 0 Å². The summed E-state index contributed by atoms with van der Waals surface area (Å²) >= 11 is 0. The van der Waals surface area contributed by atoms with Crippen LogP contribution in [0.2, 0.25) is 0 Å². The third-order valence-corrected chi connectivity index (χ3v) is 4.99. The number of sulfone groups is 1. The van der Waals surface area contributed by atoms with Gasteiger partial charge in [0, 0.05) is 31.2 Å². The predicted octanol–water partition coefficient (Wildman–Crippen LogP) is 2.04. The number of nitrogens with one attached hydrogen (secondary N) is 1. The molecule has 0 saturated heterocycles. The van der Waals surface area contributed by atoms with Gasteiger partial charge >= 0.3 is 0 Å². The molecule has 0 aliphatic rings. The van der Waals surface area contributed by atoms with E-state index in [1.807, 2.05) is 19.1 Å². The molecule has 2 atom stereocenters. The quantitative estimate of drug-likeness (QED) is 0.845. The second kappa shape index (κ2) is 6.78. The first-order chi connectivity index (χ1) is 10.7. The molecule has 1 heterocycles. The number of aromatic nitrogens is 1. The number of rotatable bonds is 6.